The molecule has 3 rings (SSSR count). The Balaban J connectivity index is 1.78. The van der Waals surface area contributed by atoms with E-state index in [0.29, 0.717) is 5.54 Å². The fourth-order valence-electron chi connectivity index (χ4n) is 3.98. The van der Waals surface area contributed by atoms with Gasteiger partial charge < -0.3 is 0 Å². The van der Waals surface area contributed by atoms with Gasteiger partial charge in [0.25, 0.3) is 0 Å². The first-order valence-corrected chi connectivity index (χ1v) is 7.68. The lowest BCUT2D eigenvalue weighted by Gasteiger charge is -2.44. The van der Waals surface area contributed by atoms with E-state index < -0.39 is 0 Å². The van der Waals surface area contributed by atoms with Crippen LogP contribution >= 0.6 is 0 Å². The SMILES string of the molecule is c1ccc(CC2(N3CCCCC3)CCCC2)cc1. The second-order valence-electron chi connectivity index (χ2n) is 6.14. The number of nitrogens with zero attached hydrogens (tertiary/aromatic N) is 1. The Morgan fingerprint density at radius 1 is 0.833 bits per heavy atom. The maximum absolute atomic E-state index is 2.83. The number of hydrogen-bond donors (Lipinski definition) is 0. The van der Waals surface area contributed by atoms with Crippen LogP contribution in [0.4, 0.5) is 0 Å². The zero-order valence-corrected chi connectivity index (χ0v) is 11.4. The third-order valence-electron chi connectivity index (χ3n) is 4.94. The highest BCUT2D eigenvalue weighted by Gasteiger charge is 2.39. The number of benzene rings is 1. The molecule has 1 aromatic carbocycles. The minimum Gasteiger partial charge on any atom is -0.297 e. The van der Waals surface area contributed by atoms with Crippen LogP contribution in [-0.2, 0) is 6.42 Å². The third kappa shape index (κ3) is 2.47. The van der Waals surface area contributed by atoms with Crippen LogP contribution in [0.3, 0.4) is 0 Å². The van der Waals surface area contributed by atoms with Crippen molar-refractivity contribution < 1.29 is 0 Å². The van der Waals surface area contributed by atoms with Gasteiger partial charge in [0.05, 0.1) is 0 Å². The number of hydrogen-bond acceptors (Lipinski definition) is 1. The minimum atomic E-state index is 0.502. The molecule has 1 aliphatic heterocycles. The van der Waals surface area contributed by atoms with Crippen LogP contribution in [0.25, 0.3) is 0 Å². The van der Waals surface area contributed by atoms with Crippen molar-refractivity contribution >= 4 is 0 Å². The van der Waals surface area contributed by atoms with E-state index in [9.17, 15) is 0 Å². The summed E-state index contributed by atoms with van der Waals surface area (Å²) in [6.45, 7) is 2.68. The van der Waals surface area contributed by atoms with E-state index in [1.165, 1.54) is 70.0 Å². The molecule has 18 heavy (non-hydrogen) atoms. The normalized spacial score (nSPS) is 24.2. The van der Waals surface area contributed by atoms with Gasteiger partial charge in [-0.25, -0.2) is 0 Å². The average molecular weight is 243 g/mol. The highest BCUT2D eigenvalue weighted by atomic mass is 15.2. The van der Waals surface area contributed by atoms with Gasteiger partial charge in [0.1, 0.15) is 0 Å². The Labute approximate surface area is 111 Å². The second-order valence-corrected chi connectivity index (χ2v) is 6.14. The van der Waals surface area contributed by atoms with Crippen molar-refractivity contribution in [2.24, 2.45) is 0 Å². The van der Waals surface area contributed by atoms with E-state index in [1.807, 2.05) is 0 Å². The fraction of sp³-hybridized carbons (Fsp3) is 0.647. The lowest BCUT2D eigenvalue weighted by Crippen LogP contribution is -2.50. The van der Waals surface area contributed by atoms with Crippen LogP contribution in [0.15, 0.2) is 30.3 Å². The summed E-state index contributed by atoms with van der Waals surface area (Å²) in [4.78, 5) is 2.83. The lowest BCUT2D eigenvalue weighted by atomic mass is 9.85. The summed E-state index contributed by atoms with van der Waals surface area (Å²) in [5, 5.41) is 0. The molecule has 1 heterocycles. The predicted octanol–water partition coefficient (Wildman–Crippen LogP) is 4.03. The van der Waals surface area contributed by atoms with Crippen molar-refractivity contribution in [1.82, 2.24) is 4.90 Å². The molecule has 1 nitrogen and oxygen atoms in total. The van der Waals surface area contributed by atoms with Gasteiger partial charge in [-0.15, -0.1) is 0 Å². The quantitative estimate of drug-likeness (QED) is 0.775. The standard InChI is InChI=1S/C17H25N/c1-3-9-16(10-4-1)15-17(11-5-6-12-17)18-13-7-2-8-14-18/h1,3-4,9-10H,2,5-8,11-15H2. The molecule has 2 fully saturated rings. The van der Waals surface area contributed by atoms with Crippen molar-refractivity contribution in [2.75, 3.05) is 13.1 Å². The zero-order valence-electron chi connectivity index (χ0n) is 11.4. The Bertz CT molecular complexity index is 358. The molecule has 1 saturated carbocycles. The highest BCUT2D eigenvalue weighted by molar-refractivity contribution is 5.19. The molecule has 0 spiro atoms. The van der Waals surface area contributed by atoms with Crippen LogP contribution in [0.5, 0.6) is 0 Å². The molecule has 2 aliphatic rings. The van der Waals surface area contributed by atoms with Gasteiger partial charge in [0.2, 0.25) is 0 Å². The van der Waals surface area contributed by atoms with E-state index in [0.717, 1.165) is 0 Å². The summed E-state index contributed by atoms with van der Waals surface area (Å²) in [5.74, 6) is 0. The van der Waals surface area contributed by atoms with Crippen molar-refractivity contribution in [3.05, 3.63) is 35.9 Å². The Kier molecular flexibility index (Phi) is 3.69. The molecule has 1 heteroatoms. The zero-order chi connectivity index (χ0) is 12.3. The molecule has 0 bridgehead atoms. The van der Waals surface area contributed by atoms with E-state index in [1.54, 1.807) is 0 Å². The number of likely N-dealkylation sites (tertiary alicyclic amines) is 1. The topological polar surface area (TPSA) is 3.24 Å². The molecule has 1 aromatic rings. The summed E-state index contributed by atoms with van der Waals surface area (Å²) >= 11 is 0. The number of rotatable bonds is 3. The molecular formula is C17H25N. The highest BCUT2D eigenvalue weighted by Crippen LogP contribution is 2.39. The van der Waals surface area contributed by atoms with Crippen molar-refractivity contribution in [1.29, 1.82) is 0 Å². The van der Waals surface area contributed by atoms with Crippen LogP contribution in [0.2, 0.25) is 0 Å². The first kappa shape index (κ1) is 12.2. The lowest BCUT2D eigenvalue weighted by molar-refractivity contribution is 0.0705. The third-order valence-corrected chi connectivity index (χ3v) is 4.94. The summed E-state index contributed by atoms with van der Waals surface area (Å²) in [7, 11) is 0. The molecule has 98 valence electrons. The maximum atomic E-state index is 2.83. The summed E-state index contributed by atoms with van der Waals surface area (Å²) in [6.07, 6.45) is 11.2. The molecule has 0 radical (unpaired) electrons. The molecule has 0 amide bonds. The van der Waals surface area contributed by atoms with Gasteiger partial charge >= 0.3 is 0 Å². The Hall–Kier alpha value is -0.820. The average Bonchev–Trinajstić information content (AvgIpc) is 2.91. The van der Waals surface area contributed by atoms with Crippen LogP contribution in [-0.4, -0.2) is 23.5 Å². The molecule has 1 aliphatic carbocycles. The maximum Gasteiger partial charge on any atom is 0.0249 e. The second kappa shape index (κ2) is 5.44. The largest absolute Gasteiger partial charge is 0.297 e. The fourth-order valence-corrected chi connectivity index (χ4v) is 3.98. The molecule has 1 saturated heterocycles. The Morgan fingerprint density at radius 2 is 1.50 bits per heavy atom. The van der Waals surface area contributed by atoms with Crippen LogP contribution in [0, 0.1) is 0 Å². The first-order chi connectivity index (χ1) is 8.89. The van der Waals surface area contributed by atoms with Crippen molar-refractivity contribution in [3.8, 4) is 0 Å². The van der Waals surface area contributed by atoms with Crippen LogP contribution < -0.4 is 0 Å². The van der Waals surface area contributed by atoms with Gasteiger partial charge in [-0.05, 0) is 50.8 Å². The van der Waals surface area contributed by atoms with Crippen molar-refractivity contribution in [3.63, 3.8) is 0 Å². The summed E-state index contributed by atoms with van der Waals surface area (Å²) in [6, 6.07) is 11.1. The molecular weight excluding hydrogens is 218 g/mol. The Morgan fingerprint density at radius 3 is 2.17 bits per heavy atom. The molecule has 0 aromatic heterocycles. The number of piperidine rings is 1. The monoisotopic (exact) mass is 243 g/mol. The summed E-state index contributed by atoms with van der Waals surface area (Å²) in [5.41, 5.74) is 2.03. The van der Waals surface area contributed by atoms with Gasteiger partial charge in [-0.3, -0.25) is 4.90 Å². The summed E-state index contributed by atoms with van der Waals surface area (Å²) < 4.78 is 0. The minimum absolute atomic E-state index is 0.502. The smallest absolute Gasteiger partial charge is 0.0249 e. The van der Waals surface area contributed by atoms with Gasteiger partial charge in [-0.2, -0.15) is 0 Å². The molecule has 0 unspecified atom stereocenters. The van der Waals surface area contributed by atoms with Gasteiger partial charge in [0, 0.05) is 5.54 Å². The van der Waals surface area contributed by atoms with Gasteiger partial charge in [0.15, 0.2) is 0 Å². The molecule has 0 N–H and O–H groups in total. The molecule has 0 atom stereocenters. The van der Waals surface area contributed by atoms with E-state index in [4.69, 9.17) is 0 Å². The first-order valence-electron chi connectivity index (χ1n) is 7.68. The van der Waals surface area contributed by atoms with Crippen LogP contribution in [0.1, 0.15) is 50.5 Å². The van der Waals surface area contributed by atoms with Gasteiger partial charge in [-0.1, -0.05) is 49.6 Å². The van der Waals surface area contributed by atoms with Crippen molar-refractivity contribution in [2.45, 2.75) is 56.9 Å². The van der Waals surface area contributed by atoms with E-state index >= 15 is 0 Å². The van der Waals surface area contributed by atoms with E-state index in [2.05, 4.69) is 35.2 Å². The predicted molar refractivity (Wildman–Crippen MR) is 76.8 cm³/mol. The van der Waals surface area contributed by atoms with E-state index in [-0.39, 0.29) is 0 Å².